The fraction of sp³-hybridized carbons (Fsp3) is 0.286. The summed E-state index contributed by atoms with van der Waals surface area (Å²) in [5.41, 5.74) is 2.24. The first kappa shape index (κ1) is 29.3. The number of para-hydroxylation sites is 1. The minimum absolute atomic E-state index is 0.0644. The van der Waals surface area contributed by atoms with Crippen molar-refractivity contribution in [2.45, 2.75) is 11.3 Å². The molecule has 3 N–H and O–H groups in total. The summed E-state index contributed by atoms with van der Waals surface area (Å²) in [6.07, 6.45) is 0.651. The number of hydrogen-bond acceptors (Lipinski definition) is 7. The number of anilines is 2. The predicted octanol–water partition coefficient (Wildman–Crippen LogP) is 3.39. The minimum Gasteiger partial charge on any atom is -0.497 e. The molecule has 3 aromatic rings. The largest absolute Gasteiger partial charge is 0.497 e. The van der Waals surface area contributed by atoms with E-state index < -0.39 is 15.9 Å². The van der Waals surface area contributed by atoms with E-state index in [1.54, 1.807) is 31.4 Å². The molecule has 0 spiro atoms. The molecule has 1 fully saturated rings. The van der Waals surface area contributed by atoms with Gasteiger partial charge in [0.15, 0.2) is 0 Å². The van der Waals surface area contributed by atoms with E-state index in [0.717, 1.165) is 11.3 Å². The molecule has 2 amide bonds. The standard InChI is InChI=1S/C28H31ClN4O6S/c1-38-22-9-6-20(7-10-22)12-13-30-28(35)23-4-2-3-5-25(23)31-19-27(34)32-21-8-11-24(29)26(18-21)40(36,37)33-14-16-39-17-15-33/h2-11,18,31H,12-17,19H2,1H3,(H,30,35)(H,32,34). The van der Waals surface area contributed by atoms with Crippen LogP contribution in [0.1, 0.15) is 15.9 Å². The number of sulfonamides is 1. The summed E-state index contributed by atoms with van der Waals surface area (Å²) in [5.74, 6) is 0.0748. The normalized spacial score (nSPS) is 13.8. The summed E-state index contributed by atoms with van der Waals surface area (Å²) >= 11 is 6.20. The highest BCUT2D eigenvalue weighted by molar-refractivity contribution is 7.89. The van der Waals surface area contributed by atoms with E-state index in [4.69, 9.17) is 21.1 Å². The number of benzene rings is 3. The summed E-state index contributed by atoms with van der Waals surface area (Å²) in [5, 5.41) is 8.65. The van der Waals surface area contributed by atoms with Gasteiger partial charge in [0.25, 0.3) is 5.91 Å². The van der Waals surface area contributed by atoms with Gasteiger partial charge in [-0.15, -0.1) is 0 Å². The molecule has 0 bridgehead atoms. The van der Waals surface area contributed by atoms with Crippen molar-refractivity contribution in [1.29, 1.82) is 0 Å². The maximum Gasteiger partial charge on any atom is 0.253 e. The number of amides is 2. The van der Waals surface area contributed by atoms with Crippen LogP contribution in [0.15, 0.2) is 71.6 Å². The molecule has 0 atom stereocenters. The number of morpholine rings is 1. The number of carbonyl (C=O) groups excluding carboxylic acids is 2. The summed E-state index contributed by atoms with van der Waals surface area (Å²) in [7, 11) is -2.24. The third kappa shape index (κ3) is 7.51. The monoisotopic (exact) mass is 586 g/mol. The Morgan fingerprint density at radius 3 is 2.48 bits per heavy atom. The topological polar surface area (TPSA) is 126 Å². The van der Waals surface area contributed by atoms with Gasteiger partial charge >= 0.3 is 0 Å². The SMILES string of the molecule is COc1ccc(CCNC(=O)c2ccccc2NCC(=O)Nc2ccc(Cl)c(S(=O)(=O)N3CCOCC3)c2)cc1. The van der Waals surface area contributed by atoms with E-state index >= 15 is 0 Å². The average Bonchev–Trinajstić information content (AvgIpc) is 2.98. The molecular weight excluding hydrogens is 556 g/mol. The van der Waals surface area contributed by atoms with Gasteiger partial charge in [0.05, 0.1) is 37.5 Å². The Kier molecular flexibility index (Phi) is 9.99. The van der Waals surface area contributed by atoms with Crippen molar-refractivity contribution in [2.24, 2.45) is 0 Å². The Morgan fingerprint density at radius 2 is 1.75 bits per heavy atom. The van der Waals surface area contributed by atoms with Gasteiger partial charge in [-0.25, -0.2) is 8.42 Å². The molecule has 40 heavy (non-hydrogen) atoms. The van der Waals surface area contributed by atoms with Crippen LogP contribution >= 0.6 is 11.6 Å². The number of hydrogen-bond donors (Lipinski definition) is 3. The summed E-state index contributed by atoms with van der Waals surface area (Å²) in [6, 6.07) is 18.8. The smallest absolute Gasteiger partial charge is 0.253 e. The molecular formula is C28H31ClN4O6S. The Balaban J connectivity index is 1.34. The maximum atomic E-state index is 13.1. The van der Waals surface area contributed by atoms with Gasteiger partial charge in [0.1, 0.15) is 10.6 Å². The van der Waals surface area contributed by atoms with E-state index in [9.17, 15) is 18.0 Å². The molecule has 0 unspecified atom stereocenters. The van der Waals surface area contributed by atoms with Crippen molar-refractivity contribution in [3.05, 3.63) is 82.9 Å². The van der Waals surface area contributed by atoms with Crippen molar-refractivity contribution in [3.8, 4) is 5.75 Å². The van der Waals surface area contributed by atoms with Crippen molar-refractivity contribution >= 4 is 44.8 Å². The Morgan fingerprint density at radius 1 is 1.02 bits per heavy atom. The first-order chi connectivity index (χ1) is 19.3. The number of methoxy groups -OCH3 is 1. The first-order valence-electron chi connectivity index (χ1n) is 12.7. The van der Waals surface area contributed by atoms with Gasteiger partial charge in [-0.3, -0.25) is 9.59 Å². The van der Waals surface area contributed by atoms with Gasteiger partial charge < -0.3 is 25.4 Å². The predicted molar refractivity (Wildman–Crippen MR) is 154 cm³/mol. The third-order valence-corrected chi connectivity index (χ3v) is 8.65. The quantitative estimate of drug-likeness (QED) is 0.314. The van der Waals surface area contributed by atoms with E-state index in [1.807, 2.05) is 24.3 Å². The van der Waals surface area contributed by atoms with Crippen LogP contribution in [0.25, 0.3) is 0 Å². The number of halogens is 1. The fourth-order valence-electron chi connectivity index (χ4n) is 4.13. The minimum atomic E-state index is -3.85. The Labute approximate surface area is 238 Å². The molecule has 0 aromatic heterocycles. The van der Waals surface area contributed by atoms with Gasteiger partial charge in [-0.1, -0.05) is 35.9 Å². The van der Waals surface area contributed by atoms with E-state index in [1.165, 1.54) is 22.5 Å². The molecule has 12 heteroatoms. The molecule has 1 aliphatic heterocycles. The third-order valence-electron chi connectivity index (χ3n) is 6.27. The molecule has 212 valence electrons. The van der Waals surface area contributed by atoms with Gasteiger partial charge in [-0.05, 0) is 54.4 Å². The van der Waals surface area contributed by atoms with E-state index in [2.05, 4.69) is 16.0 Å². The lowest BCUT2D eigenvalue weighted by Gasteiger charge is -2.26. The fourth-order valence-corrected chi connectivity index (χ4v) is 6.04. The second-order valence-electron chi connectivity index (χ2n) is 8.96. The van der Waals surface area contributed by atoms with Crippen molar-refractivity contribution in [3.63, 3.8) is 0 Å². The van der Waals surface area contributed by atoms with Crippen molar-refractivity contribution in [1.82, 2.24) is 9.62 Å². The summed E-state index contributed by atoms with van der Waals surface area (Å²) < 4.78 is 37.8. The molecule has 0 saturated carbocycles. The average molecular weight is 587 g/mol. The number of nitrogens with zero attached hydrogens (tertiary/aromatic N) is 1. The molecule has 10 nitrogen and oxygen atoms in total. The Hall–Kier alpha value is -3.64. The lowest BCUT2D eigenvalue weighted by Crippen LogP contribution is -2.40. The number of nitrogens with one attached hydrogen (secondary N) is 3. The molecule has 1 aliphatic rings. The van der Waals surface area contributed by atoms with E-state index in [0.29, 0.717) is 37.4 Å². The number of carbonyl (C=O) groups is 2. The van der Waals surface area contributed by atoms with Gasteiger partial charge in [0.2, 0.25) is 15.9 Å². The van der Waals surface area contributed by atoms with Gasteiger partial charge in [-0.2, -0.15) is 4.31 Å². The van der Waals surface area contributed by atoms with Crippen LogP contribution in [-0.4, -0.2) is 71.0 Å². The van der Waals surface area contributed by atoms with Gasteiger partial charge in [0, 0.05) is 31.0 Å². The lowest BCUT2D eigenvalue weighted by atomic mass is 10.1. The Bertz CT molecular complexity index is 1440. The maximum absolute atomic E-state index is 13.1. The van der Waals surface area contributed by atoms with Crippen LogP contribution < -0.4 is 20.7 Å². The summed E-state index contributed by atoms with van der Waals surface area (Å²) in [6.45, 7) is 1.36. The van der Waals surface area contributed by atoms with Crippen LogP contribution in [0, 0.1) is 0 Å². The van der Waals surface area contributed by atoms with E-state index in [-0.39, 0.29) is 41.1 Å². The zero-order valence-corrected chi connectivity index (χ0v) is 23.6. The molecule has 1 heterocycles. The van der Waals surface area contributed by atoms with Crippen LogP contribution in [-0.2, 0) is 26.0 Å². The highest BCUT2D eigenvalue weighted by Crippen LogP contribution is 2.28. The van der Waals surface area contributed by atoms with Crippen LogP contribution in [0.5, 0.6) is 5.75 Å². The second kappa shape index (κ2) is 13.6. The van der Waals surface area contributed by atoms with Crippen molar-refractivity contribution in [2.75, 3.05) is 57.1 Å². The first-order valence-corrected chi connectivity index (χ1v) is 14.5. The molecule has 1 saturated heterocycles. The van der Waals surface area contributed by atoms with Crippen LogP contribution in [0.3, 0.4) is 0 Å². The number of ether oxygens (including phenoxy) is 2. The molecule has 3 aromatic carbocycles. The zero-order valence-electron chi connectivity index (χ0n) is 22.0. The summed E-state index contributed by atoms with van der Waals surface area (Å²) in [4.78, 5) is 25.4. The molecule has 4 rings (SSSR count). The van der Waals surface area contributed by atoms with Crippen LogP contribution in [0.4, 0.5) is 11.4 Å². The van der Waals surface area contributed by atoms with Crippen molar-refractivity contribution < 1.29 is 27.5 Å². The molecule has 0 radical (unpaired) electrons. The lowest BCUT2D eigenvalue weighted by molar-refractivity contribution is -0.114. The highest BCUT2D eigenvalue weighted by atomic mass is 35.5. The zero-order chi connectivity index (χ0) is 28.5. The number of rotatable bonds is 11. The molecule has 0 aliphatic carbocycles. The van der Waals surface area contributed by atoms with Crippen LogP contribution in [0.2, 0.25) is 5.02 Å². The highest BCUT2D eigenvalue weighted by Gasteiger charge is 2.28. The second-order valence-corrected chi connectivity index (χ2v) is 11.3.